The van der Waals surface area contributed by atoms with Crippen molar-refractivity contribution in [3.05, 3.63) is 0 Å². The zero-order chi connectivity index (χ0) is 76.7. The van der Waals surface area contributed by atoms with Crippen LogP contribution in [-0.4, -0.2) is 96.7 Å². The number of phosphoric acid groups is 2. The Morgan fingerprint density at radius 2 is 0.462 bits per heavy atom. The zero-order valence-corrected chi connectivity index (χ0v) is 70.5. The van der Waals surface area contributed by atoms with E-state index in [1.807, 2.05) is 0 Å². The second-order valence-corrected chi connectivity index (χ2v) is 35.2. The van der Waals surface area contributed by atoms with Crippen LogP contribution in [0.15, 0.2) is 0 Å². The Hall–Kier alpha value is -1.94. The summed E-state index contributed by atoms with van der Waals surface area (Å²) in [6.45, 7) is 14.3. The average Bonchev–Trinajstić information content (AvgIpc) is 0.922. The number of aliphatic hydroxyl groups excluding tert-OH is 1. The van der Waals surface area contributed by atoms with Gasteiger partial charge in [0.15, 0.2) is 12.2 Å². The minimum absolute atomic E-state index is 0.106. The van der Waals surface area contributed by atoms with Gasteiger partial charge in [0.2, 0.25) is 0 Å². The summed E-state index contributed by atoms with van der Waals surface area (Å²) in [5.74, 6) is 1.03. The predicted molar refractivity (Wildman–Crippen MR) is 428 cm³/mol. The monoisotopic (exact) mass is 1520 g/mol. The van der Waals surface area contributed by atoms with E-state index in [4.69, 9.17) is 37.0 Å². The highest BCUT2D eigenvalue weighted by Crippen LogP contribution is 2.45. The zero-order valence-electron chi connectivity index (χ0n) is 68.7. The second kappa shape index (κ2) is 73.8. The third kappa shape index (κ3) is 76.8. The quantitative estimate of drug-likeness (QED) is 0.0222. The molecule has 3 N–H and O–H groups in total. The summed E-state index contributed by atoms with van der Waals surface area (Å²) < 4.78 is 68.9. The molecule has 0 aromatic carbocycles. The highest BCUT2D eigenvalue weighted by Gasteiger charge is 2.30. The van der Waals surface area contributed by atoms with Gasteiger partial charge in [-0.05, 0) is 49.4 Å². The van der Waals surface area contributed by atoms with Gasteiger partial charge in [-0.25, -0.2) is 9.13 Å². The van der Waals surface area contributed by atoms with Crippen LogP contribution in [0.4, 0.5) is 0 Å². The standard InChI is InChI=1S/C85H166O17P2/c1-9-78(8)64-56-48-43-44-50-58-66-83(88)96-72-81(102-85(90)68-60-52-42-36-30-24-18-17-21-27-33-39-47-55-63-77(6)7)74-100-104(93,94)98-70-79(86)69-97-103(91,92)99-73-80(101-84(89)67-59-51-41-35-29-23-16-12-14-20-26-32-38-46-54-62-76(4)5)71-95-82(87)65-57-49-40-34-28-22-15-11-10-13-19-25-31-37-45-53-61-75(2)3/h75-81,86H,9-74H2,1-8H3,(H,91,92)(H,93,94)/t78?,79-,80-,81-/m1/s1. The molecule has 104 heavy (non-hydrogen) atoms. The highest BCUT2D eigenvalue weighted by molar-refractivity contribution is 7.47. The smallest absolute Gasteiger partial charge is 0.462 e. The molecule has 0 bridgehead atoms. The van der Waals surface area contributed by atoms with E-state index in [1.165, 1.54) is 238 Å². The van der Waals surface area contributed by atoms with Gasteiger partial charge in [-0.15, -0.1) is 0 Å². The molecule has 0 amide bonds. The maximum Gasteiger partial charge on any atom is 0.472 e. The van der Waals surface area contributed by atoms with Crippen LogP contribution in [0.3, 0.4) is 0 Å². The van der Waals surface area contributed by atoms with Crippen molar-refractivity contribution in [1.29, 1.82) is 0 Å². The minimum Gasteiger partial charge on any atom is -0.462 e. The van der Waals surface area contributed by atoms with Gasteiger partial charge in [0.05, 0.1) is 26.4 Å². The van der Waals surface area contributed by atoms with E-state index in [2.05, 4.69) is 55.4 Å². The fourth-order valence-electron chi connectivity index (χ4n) is 13.1. The van der Waals surface area contributed by atoms with Crippen LogP contribution in [0, 0.1) is 23.7 Å². The Kier molecular flexibility index (Phi) is 72.5. The van der Waals surface area contributed by atoms with Gasteiger partial charge in [-0.1, -0.05) is 389 Å². The van der Waals surface area contributed by atoms with Gasteiger partial charge in [0.1, 0.15) is 19.3 Å². The molecule has 0 aliphatic carbocycles. The third-order valence-corrected chi connectivity index (χ3v) is 22.1. The molecule has 0 radical (unpaired) electrons. The van der Waals surface area contributed by atoms with Crippen molar-refractivity contribution in [3.63, 3.8) is 0 Å². The van der Waals surface area contributed by atoms with Crippen molar-refractivity contribution < 1.29 is 80.2 Å². The number of hydrogen-bond donors (Lipinski definition) is 3. The largest absolute Gasteiger partial charge is 0.472 e. The van der Waals surface area contributed by atoms with E-state index in [1.54, 1.807) is 0 Å². The van der Waals surface area contributed by atoms with Gasteiger partial charge in [-0.3, -0.25) is 37.3 Å². The number of aliphatic hydroxyl groups is 1. The van der Waals surface area contributed by atoms with E-state index in [-0.39, 0.29) is 25.7 Å². The van der Waals surface area contributed by atoms with Crippen LogP contribution >= 0.6 is 15.6 Å². The molecule has 0 rings (SSSR count). The molecule has 0 heterocycles. The van der Waals surface area contributed by atoms with E-state index in [0.29, 0.717) is 25.7 Å². The van der Waals surface area contributed by atoms with Crippen LogP contribution in [0.5, 0.6) is 0 Å². The van der Waals surface area contributed by atoms with E-state index >= 15 is 0 Å². The summed E-state index contributed by atoms with van der Waals surface area (Å²) in [6, 6.07) is 0. The number of ether oxygens (including phenoxy) is 4. The lowest BCUT2D eigenvalue weighted by Crippen LogP contribution is -2.30. The molecule has 0 saturated heterocycles. The number of carbonyl (C=O) groups is 4. The average molecular weight is 1520 g/mol. The Bertz CT molecular complexity index is 2030. The predicted octanol–water partition coefficient (Wildman–Crippen LogP) is 25.6. The van der Waals surface area contributed by atoms with Crippen molar-refractivity contribution in [2.24, 2.45) is 23.7 Å². The topological polar surface area (TPSA) is 237 Å². The summed E-state index contributed by atoms with van der Waals surface area (Å²) >= 11 is 0. The van der Waals surface area contributed by atoms with Gasteiger partial charge in [0.25, 0.3) is 0 Å². The van der Waals surface area contributed by atoms with Gasteiger partial charge in [-0.2, -0.15) is 0 Å². The SMILES string of the molecule is CCC(C)CCCCCCCCC(=O)OC[C@H](COP(=O)(O)OC[C@H](O)COP(=O)(O)OC[C@@H](COC(=O)CCCCCCCCCCCCCCCCCCC(C)C)OC(=O)CCCCCCCCCCCCCCCCCC(C)C)OC(=O)CCCCCCCCCCCCCCCCC(C)C. The van der Waals surface area contributed by atoms with Crippen molar-refractivity contribution in [2.45, 2.75) is 459 Å². The number of rotatable bonds is 82. The fourth-order valence-corrected chi connectivity index (χ4v) is 14.7. The van der Waals surface area contributed by atoms with Crippen LogP contribution in [0.25, 0.3) is 0 Å². The van der Waals surface area contributed by atoms with E-state index in [0.717, 1.165) is 120 Å². The number of hydrogen-bond acceptors (Lipinski definition) is 15. The molecule has 618 valence electrons. The maximum atomic E-state index is 13.1. The molecule has 0 aliphatic rings. The van der Waals surface area contributed by atoms with Gasteiger partial charge >= 0.3 is 39.5 Å². The molecule has 0 saturated carbocycles. The molecule has 0 fully saturated rings. The molecule has 0 aromatic heterocycles. The van der Waals surface area contributed by atoms with Crippen molar-refractivity contribution in [2.75, 3.05) is 39.6 Å². The number of phosphoric ester groups is 2. The summed E-state index contributed by atoms with van der Waals surface area (Å²) in [4.78, 5) is 73.2. The Morgan fingerprint density at radius 1 is 0.269 bits per heavy atom. The lowest BCUT2D eigenvalue weighted by atomic mass is 10.00. The van der Waals surface area contributed by atoms with Crippen LogP contribution < -0.4 is 0 Å². The first kappa shape index (κ1) is 102. The molecule has 0 aliphatic heterocycles. The van der Waals surface area contributed by atoms with Crippen molar-refractivity contribution in [3.8, 4) is 0 Å². The van der Waals surface area contributed by atoms with Crippen molar-refractivity contribution >= 4 is 39.5 Å². The number of esters is 4. The molecule has 6 atom stereocenters. The molecule has 17 nitrogen and oxygen atoms in total. The second-order valence-electron chi connectivity index (χ2n) is 32.2. The van der Waals surface area contributed by atoms with Crippen LogP contribution in [0.1, 0.15) is 441 Å². The number of unbranched alkanes of at least 4 members (excludes halogenated alkanes) is 47. The minimum atomic E-state index is -4.97. The van der Waals surface area contributed by atoms with Gasteiger partial charge in [0, 0.05) is 25.7 Å². The number of carbonyl (C=O) groups excluding carboxylic acids is 4. The maximum absolute atomic E-state index is 13.1. The normalized spacial score (nSPS) is 14.2. The molecular weight excluding hydrogens is 1350 g/mol. The van der Waals surface area contributed by atoms with E-state index < -0.39 is 97.5 Å². The van der Waals surface area contributed by atoms with Gasteiger partial charge < -0.3 is 33.8 Å². The summed E-state index contributed by atoms with van der Waals surface area (Å²) in [6.07, 6.45) is 62.5. The Labute approximate surface area is 638 Å². The molecular formula is C85H166O17P2. The summed E-state index contributed by atoms with van der Waals surface area (Å²) in [7, 11) is -9.93. The van der Waals surface area contributed by atoms with Crippen molar-refractivity contribution in [1.82, 2.24) is 0 Å². The third-order valence-electron chi connectivity index (χ3n) is 20.2. The lowest BCUT2D eigenvalue weighted by Gasteiger charge is -2.21. The molecule has 0 aromatic rings. The first-order chi connectivity index (χ1) is 50.1. The molecule has 19 heteroatoms. The molecule has 3 unspecified atom stereocenters. The van der Waals surface area contributed by atoms with Crippen LogP contribution in [0.2, 0.25) is 0 Å². The highest BCUT2D eigenvalue weighted by atomic mass is 31.2. The van der Waals surface area contributed by atoms with Crippen LogP contribution in [-0.2, 0) is 65.4 Å². The van der Waals surface area contributed by atoms with E-state index in [9.17, 15) is 43.2 Å². The molecule has 0 spiro atoms. The Balaban J connectivity index is 5.24. The first-order valence-corrected chi connectivity index (χ1v) is 46.7. The summed E-state index contributed by atoms with van der Waals surface area (Å²) in [5.41, 5.74) is 0. The Morgan fingerprint density at radius 3 is 0.683 bits per heavy atom. The lowest BCUT2D eigenvalue weighted by molar-refractivity contribution is -0.161. The summed E-state index contributed by atoms with van der Waals surface area (Å²) in [5, 5.41) is 10.7. The fraction of sp³-hybridized carbons (Fsp3) is 0.953. The first-order valence-electron chi connectivity index (χ1n) is 43.7.